The van der Waals surface area contributed by atoms with E-state index < -0.39 is 0 Å². The van der Waals surface area contributed by atoms with Gasteiger partial charge in [-0.1, -0.05) is 32.0 Å². The molecule has 3 aromatic rings. The van der Waals surface area contributed by atoms with Crippen molar-refractivity contribution in [2.75, 3.05) is 0 Å². The molecule has 1 aliphatic carbocycles. The summed E-state index contributed by atoms with van der Waals surface area (Å²) in [6.07, 6.45) is 1.83. The molecule has 2 aromatic heterocycles. The van der Waals surface area contributed by atoms with Crippen LogP contribution in [0.3, 0.4) is 0 Å². The number of benzene rings is 1. The Bertz CT molecular complexity index is 931. The van der Waals surface area contributed by atoms with Crippen LogP contribution >= 0.6 is 0 Å². The minimum Gasteiger partial charge on any atom is -0.354 e. The molecule has 0 amide bonds. The monoisotopic (exact) mass is 292 g/mol. The molecule has 4 rings (SSSR count). The number of para-hydroxylation sites is 1. The van der Waals surface area contributed by atoms with E-state index in [9.17, 15) is 0 Å². The average Bonchev–Trinajstić information content (AvgIpc) is 2.84. The first kappa shape index (κ1) is 13.3. The van der Waals surface area contributed by atoms with Gasteiger partial charge in [0.1, 0.15) is 0 Å². The first-order valence-corrected chi connectivity index (χ1v) is 7.67. The van der Waals surface area contributed by atoms with Gasteiger partial charge in [-0.2, -0.15) is 5.10 Å². The van der Waals surface area contributed by atoms with Gasteiger partial charge in [-0.05, 0) is 31.2 Å². The van der Waals surface area contributed by atoms with Crippen LogP contribution in [0, 0.1) is 12.3 Å². The molecule has 0 bridgehead atoms. The number of nitrogens with two attached hydrogens (primary N) is 1. The molecule has 0 atom stereocenters. The summed E-state index contributed by atoms with van der Waals surface area (Å²) < 4.78 is 0. The summed E-state index contributed by atoms with van der Waals surface area (Å²) in [5.74, 6) is 5.71. The van der Waals surface area contributed by atoms with Gasteiger partial charge in [0.05, 0.1) is 16.9 Å². The minimum atomic E-state index is 0.143. The highest BCUT2D eigenvalue weighted by Crippen LogP contribution is 2.39. The van der Waals surface area contributed by atoms with E-state index in [1.807, 2.05) is 6.07 Å². The Kier molecular flexibility index (Phi) is 2.61. The van der Waals surface area contributed by atoms with Gasteiger partial charge in [0.25, 0.3) is 0 Å². The molecule has 1 aromatic carbocycles. The topological polar surface area (TPSA) is 67.1 Å². The number of hydrazone groups is 1. The Morgan fingerprint density at radius 2 is 2.00 bits per heavy atom. The van der Waals surface area contributed by atoms with Crippen molar-refractivity contribution >= 4 is 27.5 Å². The van der Waals surface area contributed by atoms with Crippen molar-refractivity contribution in [3.8, 4) is 0 Å². The Balaban J connectivity index is 2.16. The van der Waals surface area contributed by atoms with Crippen LogP contribution in [0.15, 0.2) is 29.4 Å². The molecule has 2 heterocycles. The molecule has 3 N–H and O–H groups in total. The van der Waals surface area contributed by atoms with Gasteiger partial charge in [0.2, 0.25) is 0 Å². The number of aromatic nitrogens is 2. The van der Waals surface area contributed by atoms with Crippen LogP contribution in [-0.2, 0) is 6.42 Å². The summed E-state index contributed by atoms with van der Waals surface area (Å²) in [5, 5.41) is 6.50. The fourth-order valence-corrected chi connectivity index (χ4v) is 3.77. The zero-order valence-corrected chi connectivity index (χ0v) is 13.2. The summed E-state index contributed by atoms with van der Waals surface area (Å²) >= 11 is 0. The second kappa shape index (κ2) is 4.32. The van der Waals surface area contributed by atoms with Crippen molar-refractivity contribution in [1.82, 2.24) is 9.97 Å². The van der Waals surface area contributed by atoms with E-state index in [-0.39, 0.29) is 5.41 Å². The second-order valence-electron chi connectivity index (χ2n) is 7.03. The minimum absolute atomic E-state index is 0.143. The van der Waals surface area contributed by atoms with Crippen molar-refractivity contribution in [3.05, 3.63) is 41.2 Å². The van der Waals surface area contributed by atoms with E-state index in [0.29, 0.717) is 0 Å². The van der Waals surface area contributed by atoms with E-state index in [0.717, 1.165) is 46.5 Å². The zero-order chi connectivity index (χ0) is 15.5. The molecule has 0 radical (unpaired) electrons. The van der Waals surface area contributed by atoms with Crippen LogP contribution < -0.4 is 5.84 Å². The number of fused-ring (bicyclic) bond motifs is 5. The molecule has 1 aliphatic rings. The van der Waals surface area contributed by atoms with Crippen molar-refractivity contribution in [1.29, 1.82) is 0 Å². The van der Waals surface area contributed by atoms with Gasteiger partial charge in [-0.3, -0.25) is 4.98 Å². The molecule has 22 heavy (non-hydrogen) atoms. The van der Waals surface area contributed by atoms with Crippen molar-refractivity contribution in [2.24, 2.45) is 16.4 Å². The van der Waals surface area contributed by atoms with Gasteiger partial charge >= 0.3 is 0 Å². The van der Waals surface area contributed by atoms with Gasteiger partial charge in [0.15, 0.2) is 0 Å². The SMILES string of the molecule is Cc1nc2c(c3[nH]c4ccccc4c13)/C(=N\N)CC(C)(C)C2. The standard InChI is InChI=1S/C18H20N4/c1-10-15-11-6-4-5-7-12(11)21-17(15)16-13(20-10)8-18(2,3)9-14(16)22-19/h4-7,21H,8-9,19H2,1-3H3/b22-14-. The number of H-pyrrole nitrogens is 1. The molecule has 0 fully saturated rings. The summed E-state index contributed by atoms with van der Waals surface area (Å²) in [4.78, 5) is 8.46. The molecular weight excluding hydrogens is 272 g/mol. The van der Waals surface area contributed by atoms with Crippen LogP contribution in [-0.4, -0.2) is 15.7 Å². The largest absolute Gasteiger partial charge is 0.354 e. The summed E-state index contributed by atoms with van der Waals surface area (Å²) in [7, 11) is 0. The summed E-state index contributed by atoms with van der Waals surface area (Å²) in [5.41, 5.74) is 6.65. The van der Waals surface area contributed by atoms with Gasteiger partial charge < -0.3 is 10.8 Å². The maximum atomic E-state index is 5.71. The predicted octanol–water partition coefficient (Wildman–Crippen LogP) is 3.66. The zero-order valence-electron chi connectivity index (χ0n) is 13.2. The molecule has 4 heteroatoms. The highest BCUT2D eigenvalue weighted by Gasteiger charge is 2.33. The van der Waals surface area contributed by atoms with Crippen LogP contribution in [0.5, 0.6) is 0 Å². The van der Waals surface area contributed by atoms with E-state index in [1.54, 1.807) is 0 Å². The summed E-state index contributed by atoms with van der Waals surface area (Å²) in [6.45, 7) is 6.57. The van der Waals surface area contributed by atoms with Crippen molar-refractivity contribution in [2.45, 2.75) is 33.6 Å². The third-order valence-corrected chi connectivity index (χ3v) is 4.65. The number of nitrogens with zero attached hydrogens (tertiary/aromatic N) is 2. The maximum Gasteiger partial charge on any atom is 0.0717 e. The highest BCUT2D eigenvalue weighted by atomic mass is 15.1. The Labute approximate surface area is 129 Å². The van der Waals surface area contributed by atoms with Crippen LogP contribution in [0.25, 0.3) is 21.8 Å². The number of hydrogen-bond donors (Lipinski definition) is 2. The van der Waals surface area contributed by atoms with E-state index >= 15 is 0 Å². The number of aromatic amines is 1. The number of pyridine rings is 1. The lowest BCUT2D eigenvalue weighted by molar-refractivity contribution is 0.367. The molecule has 0 saturated heterocycles. The number of hydrogen-bond acceptors (Lipinski definition) is 3. The molecule has 0 aliphatic heterocycles. The third kappa shape index (κ3) is 1.76. The van der Waals surface area contributed by atoms with Gasteiger partial charge in [-0.15, -0.1) is 0 Å². The smallest absolute Gasteiger partial charge is 0.0717 e. The number of aryl methyl sites for hydroxylation is 1. The van der Waals surface area contributed by atoms with Crippen LogP contribution in [0.4, 0.5) is 0 Å². The Hall–Kier alpha value is -2.36. The quantitative estimate of drug-likeness (QED) is 0.490. The van der Waals surface area contributed by atoms with E-state index in [1.165, 1.54) is 10.8 Å². The molecule has 0 unspecified atom stereocenters. The predicted molar refractivity (Wildman–Crippen MR) is 91.2 cm³/mol. The van der Waals surface area contributed by atoms with E-state index in [2.05, 4.69) is 49.1 Å². The Morgan fingerprint density at radius 1 is 1.23 bits per heavy atom. The summed E-state index contributed by atoms with van der Waals surface area (Å²) in [6, 6.07) is 8.36. The molecule has 112 valence electrons. The van der Waals surface area contributed by atoms with Crippen molar-refractivity contribution in [3.63, 3.8) is 0 Å². The Morgan fingerprint density at radius 3 is 2.77 bits per heavy atom. The van der Waals surface area contributed by atoms with Gasteiger partial charge in [-0.25, -0.2) is 0 Å². The lowest BCUT2D eigenvalue weighted by atomic mass is 9.74. The average molecular weight is 292 g/mol. The lowest BCUT2D eigenvalue weighted by Gasteiger charge is -2.31. The van der Waals surface area contributed by atoms with Crippen LogP contribution in [0.1, 0.15) is 37.2 Å². The fourth-order valence-electron chi connectivity index (χ4n) is 3.77. The second-order valence-corrected chi connectivity index (χ2v) is 7.03. The molecule has 0 spiro atoms. The van der Waals surface area contributed by atoms with Crippen LogP contribution in [0.2, 0.25) is 0 Å². The number of nitrogens with one attached hydrogen (secondary N) is 1. The third-order valence-electron chi connectivity index (χ3n) is 4.65. The first-order chi connectivity index (χ1) is 10.5. The highest BCUT2D eigenvalue weighted by molar-refractivity contribution is 6.18. The molecular formula is C18H20N4. The molecule has 4 nitrogen and oxygen atoms in total. The fraction of sp³-hybridized carbons (Fsp3) is 0.333. The normalized spacial score (nSPS) is 19.0. The van der Waals surface area contributed by atoms with Gasteiger partial charge in [0, 0.05) is 27.5 Å². The number of rotatable bonds is 0. The lowest BCUT2D eigenvalue weighted by Crippen LogP contribution is -2.29. The first-order valence-electron chi connectivity index (χ1n) is 7.67. The van der Waals surface area contributed by atoms with E-state index in [4.69, 9.17) is 10.8 Å². The molecule has 0 saturated carbocycles. The maximum absolute atomic E-state index is 5.71. The van der Waals surface area contributed by atoms with Crippen molar-refractivity contribution < 1.29 is 0 Å².